The van der Waals surface area contributed by atoms with Crippen LogP contribution in [0.5, 0.6) is 0 Å². The van der Waals surface area contributed by atoms with Crippen molar-refractivity contribution in [3.8, 4) is 44.8 Å². The molecule has 466 valence electrons. The first-order valence-corrected chi connectivity index (χ1v) is 36.4. The second-order valence-corrected chi connectivity index (χ2v) is 30.0. The fourth-order valence-electron chi connectivity index (χ4n) is 14.3. The summed E-state index contributed by atoms with van der Waals surface area (Å²) >= 11 is 0. The lowest BCUT2D eigenvalue weighted by Gasteiger charge is -2.40. The van der Waals surface area contributed by atoms with E-state index >= 15 is 9.13 Å². The van der Waals surface area contributed by atoms with E-state index in [4.69, 9.17) is 4.98 Å². The van der Waals surface area contributed by atoms with Crippen LogP contribution in [0.4, 0.5) is 68.2 Å². The SMILES string of the molecule is O=P(c1ccccc1)(c1ccccc1)c1cccc(-c2cc(-c3cccc(N4c5ccccc5N(c5ccccc5)c5ccccc54)c3)c(-c3cccc(P(=O)(c4ccccc4)c4ccccc4)c3)nc2-c2cccc(N3c4ccccc4N(c4ccccc4)c4ccccc43)c2)c1. The quantitative estimate of drug-likeness (QED) is 0.101. The van der Waals surface area contributed by atoms with E-state index in [1.165, 1.54) is 0 Å². The van der Waals surface area contributed by atoms with Crippen LogP contribution in [0.2, 0.25) is 0 Å². The Bertz CT molecular complexity index is 5040. The van der Waals surface area contributed by atoms with Crippen LogP contribution < -0.4 is 51.4 Å². The fraction of sp³-hybridized carbons (Fsp3) is 0. The van der Waals surface area contributed by atoms with Gasteiger partial charge in [-0.2, -0.15) is 0 Å². The number of rotatable bonds is 14. The van der Waals surface area contributed by atoms with Gasteiger partial charge in [-0.25, -0.2) is 4.98 Å². The Morgan fingerprint density at radius 1 is 0.194 bits per heavy atom. The molecule has 0 bridgehead atoms. The van der Waals surface area contributed by atoms with Crippen molar-refractivity contribution in [1.82, 2.24) is 4.98 Å². The van der Waals surface area contributed by atoms with Crippen LogP contribution >= 0.6 is 14.3 Å². The minimum atomic E-state index is -3.50. The van der Waals surface area contributed by atoms with Gasteiger partial charge < -0.3 is 28.7 Å². The Hall–Kier alpha value is -12.1. The third kappa shape index (κ3) is 10.4. The number of aromatic nitrogens is 1. The molecule has 0 fully saturated rings. The molecule has 0 unspecified atom stereocenters. The van der Waals surface area contributed by atoms with Crippen LogP contribution in [-0.4, -0.2) is 4.98 Å². The zero-order valence-corrected chi connectivity index (χ0v) is 55.1. The normalized spacial score (nSPS) is 12.5. The first-order valence-electron chi connectivity index (χ1n) is 33.0. The summed E-state index contributed by atoms with van der Waals surface area (Å²) in [7, 11) is -6.99. The van der Waals surface area contributed by atoms with Crippen molar-refractivity contribution in [2.75, 3.05) is 19.6 Å². The molecule has 0 atom stereocenters. The highest BCUT2D eigenvalue weighted by Crippen LogP contribution is 2.57. The van der Waals surface area contributed by atoms with Crippen molar-refractivity contribution in [1.29, 1.82) is 0 Å². The monoisotopic (exact) mass is 1300 g/mol. The van der Waals surface area contributed by atoms with Gasteiger partial charge in [0.15, 0.2) is 14.3 Å². The molecule has 15 aromatic rings. The molecule has 9 heteroatoms. The highest BCUT2D eigenvalue weighted by Gasteiger charge is 2.36. The standard InChI is InChI=1S/C89H63N5O2P2/c95-97(72-41-11-3-12-42-72,73-43-13-4-14-44-73)76-49-29-32-65(61-76)79-63-78(64-31-27-39-70(59-64)93-84-55-23-19-51-80(84)91(68-35-7-1-8-36-68)81-52-20-24-56-85(81)93)89(67-34-30-50-77(62-67)98(96,74-45-15-5-16-46-74)75-47-17-6-18-48-75)90-88(79)66-33-28-40-71(60-66)94-86-57-25-21-53-82(86)92(69-37-9-2-10-38-69)83-54-22-26-58-87(83)94/h1-63H. The van der Waals surface area contributed by atoms with Crippen LogP contribution in [0.25, 0.3) is 44.8 Å². The summed E-state index contributed by atoms with van der Waals surface area (Å²) in [6.07, 6.45) is 0. The maximum absolute atomic E-state index is 16.5. The predicted molar refractivity (Wildman–Crippen MR) is 411 cm³/mol. The molecule has 17 rings (SSSR count). The molecular weight excluding hydrogens is 1230 g/mol. The topological polar surface area (TPSA) is 60.0 Å². The molecule has 3 heterocycles. The van der Waals surface area contributed by atoms with Gasteiger partial charge >= 0.3 is 0 Å². The third-order valence-corrected chi connectivity index (χ3v) is 24.9. The summed E-state index contributed by atoms with van der Waals surface area (Å²) in [6.45, 7) is 0. The molecule has 14 aromatic carbocycles. The smallest absolute Gasteiger partial charge is 0.171 e. The number of nitrogens with zero attached hydrogens (tertiary/aromatic N) is 5. The van der Waals surface area contributed by atoms with Crippen molar-refractivity contribution in [3.63, 3.8) is 0 Å². The van der Waals surface area contributed by atoms with Crippen molar-refractivity contribution in [2.45, 2.75) is 0 Å². The lowest BCUT2D eigenvalue weighted by molar-refractivity contribution is 0.591. The van der Waals surface area contributed by atoms with E-state index in [1.807, 2.05) is 146 Å². The van der Waals surface area contributed by atoms with Gasteiger partial charge in [-0.3, -0.25) is 0 Å². The average Bonchev–Trinajstić information content (AvgIpc) is 0.744. The highest BCUT2D eigenvalue weighted by atomic mass is 31.2. The van der Waals surface area contributed by atoms with Gasteiger partial charge in [0.05, 0.1) is 56.9 Å². The van der Waals surface area contributed by atoms with E-state index in [0.29, 0.717) is 22.0 Å². The van der Waals surface area contributed by atoms with E-state index in [0.717, 1.165) is 123 Å². The van der Waals surface area contributed by atoms with Gasteiger partial charge in [-0.15, -0.1) is 0 Å². The number of pyridine rings is 1. The zero-order valence-electron chi connectivity index (χ0n) is 53.3. The van der Waals surface area contributed by atoms with Crippen molar-refractivity contribution in [2.24, 2.45) is 0 Å². The van der Waals surface area contributed by atoms with Gasteiger partial charge in [-0.1, -0.05) is 267 Å². The van der Waals surface area contributed by atoms with Crippen LogP contribution in [0.1, 0.15) is 0 Å². The largest absolute Gasteiger partial charge is 0.309 e. The second kappa shape index (κ2) is 25.2. The Morgan fingerprint density at radius 3 is 0.755 bits per heavy atom. The third-order valence-electron chi connectivity index (χ3n) is 18.8. The zero-order chi connectivity index (χ0) is 65.6. The summed E-state index contributed by atoms with van der Waals surface area (Å²) in [4.78, 5) is 15.5. The van der Waals surface area contributed by atoms with E-state index in [2.05, 4.69) is 256 Å². The molecule has 2 aliphatic rings. The number of hydrogen-bond acceptors (Lipinski definition) is 7. The van der Waals surface area contributed by atoms with Crippen LogP contribution in [0, 0.1) is 0 Å². The highest BCUT2D eigenvalue weighted by molar-refractivity contribution is 7.85. The molecule has 0 N–H and O–H groups in total. The van der Waals surface area contributed by atoms with E-state index in [-0.39, 0.29) is 0 Å². The minimum Gasteiger partial charge on any atom is -0.309 e. The number of benzene rings is 14. The predicted octanol–water partition coefficient (Wildman–Crippen LogP) is 21.5. The molecule has 0 aliphatic carbocycles. The average molecular weight is 1300 g/mol. The molecule has 0 saturated heterocycles. The molecule has 0 radical (unpaired) electrons. The Labute approximate surface area is 571 Å². The number of fused-ring (bicyclic) bond motifs is 4. The summed E-state index contributed by atoms with van der Waals surface area (Å²) in [5.41, 5.74) is 18.8. The molecule has 2 aliphatic heterocycles. The number of anilines is 12. The first-order chi connectivity index (χ1) is 48.4. The first kappa shape index (κ1) is 59.6. The van der Waals surface area contributed by atoms with Gasteiger partial charge in [0, 0.05) is 76.8 Å². The van der Waals surface area contributed by atoms with E-state index < -0.39 is 14.3 Å². The van der Waals surface area contributed by atoms with Crippen LogP contribution in [0.15, 0.2) is 382 Å². The number of para-hydroxylation sites is 10. The summed E-state index contributed by atoms with van der Waals surface area (Å²) in [5, 5.41) is 4.34. The van der Waals surface area contributed by atoms with Crippen molar-refractivity contribution < 1.29 is 9.13 Å². The van der Waals surface area contributed by atoms with E-state index in [1.54, 1.807) is 0 Å². The van der Waals surface area contributed by atoms with Crippen molar-refractivity contribution >= 4 is 114 Å². The molecule has 98 heavy (non-hydrogen) atoms. The summed E-state index contributed by atoms with van der Waals surface area (Å²) in [6, 6.07) is 131. The second-order valence-electron chi connectivity index (χ2n) is 24.5. The fourth-order valence-corrected chi connectivity index (χ4v) is 19.7. The molecule has 7 nitrogen and oxygen atoms in total. The maximum Gasteiger partial charge on any atom is 0.171 e. The van der Waals surface area contributed by atoms with Gasteiger partial charge in [-0.05, 0) is 126 Å². The Morgan fingerprint density at radius 2 is 0.418 bits per heavy atom. The Balaban J connectivity index is 0.927. The molecular formula is C89H63N5O2P2. The molecule has 0 amide bonds. The molecule has 0 saturated carbocycles. The number of hydrogen-bond donors (Lipinski definition) is 0. The van der Waals surface area contributed by atoms with Gasteiger partial charge in [0.25, 0.3) is 0 Å². The summed E-state index contributed by atoms with van der Waals surface area (Å²) in [5.74, 6) is 0. The molecule has 0 spiro atoms. The van der Waals surface area contributed by atoms with Crippen molar-refractivity contribution in [3.05, 3.63) is 382 Å². The lowest BCUT2D eigenvalue weighted by atomic mass is 9.91. The van der Waals surface area contributed by atoms with Gasteiger partial charge in [0.1, 0.15) is 0 Å². The van der Waals surface area contributed by atoms with Crippen LogP contribution in [-0.2, 0) is 9.13 Å². The van der Waals surface area contributed by atoms with Crippen LogP contribution in [0.3, 0.4) is 0 Å². The summed E-state index contributed by atoms with van der Waals surface area (Å²) < 4.78 is 33.1. The van der Waals surface area contributed by atoms with Gasteiger partial charge in [0.2, 0.25) is 0 Å². The van der Waals surface area contributed by atoms with E-state index in [9.17, 15) is 0 Å². The lowest BCUT2D eigenvalue weighted by Crippen LogP contribution is -2.25. The minimum absolute atomic E-state index is 0.684. The molecule has 1 aromatic heterocycles. The maximum atomic E-state index is 16.5. The Kier molecular flexibility index (Phi) is 15.3.